The number of nitrogens with one attached hydrogen (secondary N) is 1. The molecule has 0 saturated carbocycles. The summed E-state index contributed by atoms with van der Waals surface area (Å²) in [4.78, 5) is 9.76. The first kappa shape index (κ1) is 14.5. The average molecular weight is 288 g/mol. The number of anilines is 1. The monoisotopic (exact) mass is 288 g/mol. The molecule has 0 aliphatic rings. The van der Waals surface area contributed by atoms with Gasteiger partial charge in [0.05, 0.1) is 6.54 Å². The van der Waals surface area contributed by atoms with Crippen molar-refractivity contribution in [1.82, 2.24) is 4.98 Å². The number of thiazole rings is 1. The molecule has 0 spiro atoms. The second-order valence-corrected chi connectivity index (χ2v) is 6.29. The van der Waals surface area contributed by atoms with E-state index in [1.165, 1.54) is 10.4 Å². The Hall–Kier alpha value is -1.88. The molecule has 2 aromatic rings. The second-order valence-electron chi connectivity index (χ2n) is 4.97. The van der Waals surface area contributed by atoms with Gasteiger partial charge in [-0.1, -0.05) is 26.0 Å². The van der Waals surface area contributed by atoms with Crippen LogP contribution in [0.15, 0.2) is 35.5 Å². The van der Waals surface area contributed by atoms with Crippen LogP contribution < -0.4 is 11.1 Å². The number of guanidine groups is 1. The first-order valence-electron chi connectivity index (χ1n) is 6.63. The van der Waals surface area contributed by atoms with Gasteiger partial charge in [0.2, 0.25) is 0 Å². The van der Waals surface area contributed by atoms with Crippen LogP contribution in [0.5, 0.6) is 0 Å². The molecule has 0 fully saturated rings. The van der Waals surface area contributed by atoms with E-state index in [0.29, 0.717) is 18.4 Å². The first-order chi connectivity index (χ1) is 9.54. The zero-order valence-electron chi connectivity index (χ0n) is 12.1. The number of nitrogens with two attached hydrogens (primary N) is 1. The van der Waals surface area contributed by atoms with Crippen LogP contribution in [0.2, 0.25) is 0 Å². The van der Waals surface area contributed by atoms with Gasteiger partial charge in [-0.25, -0.2) is 9.98 Å². The Bertz CT molecular complexity index is 601. The molecule has 0 amide bonds. The van der Waals surface area contributed by atoms with Crippen molar-refractivity contribution in [3.05, 3.63) is 45.9 Å². The van der Waals surface area contributed by atoms with Crippen LogP contribution >= 0.6 is 11.3 Å². The summed E-state index contributed by atoms with van der Waals surface area (Å²) in [6.45, 7) is 6.88. The van der Waals surface area contributed by atoms with Crippen LogP contribution in [0.1, 0.15) is 35.2 Å². The lowest BCUT2D eigenvalue weighted by Crippen LogP contribution is -2.22. The number of benzene rings is 1. The standard InChI is InChI=1S/C15H20N4S/c1-10(2)12-5-4-6-13(7-12)19-15(16)18-9-14-17-8-11(3)20-14/h4-8,10H,9H2,1-3H3,(H3,16,18,19). The van der Waals surface area contributed by atoms with Crippen LogP contribution in [-0.2, 0) is 6.54 Å². The van der Waals surface area contributed by atoms with Crippen LogP contribution in [0, 0.1) is 6.92 Å². The summed E-state index contributed by atoms with van der Waals surface area (Å²) >= 11 is 1.64. The lowest BCUT2D eigenvalue weighted by atomic mass is 10.0. The molecule has 2 rings (SSSR count). The SMILES string of the molecule is Cc1cnc(CN=C(N)Nc2cccc(C(C)C)c2)s1. The quantitative estimate of drug-likeness (QED) is 0.668. The molecule has 3 N–H and O–H groups in total. The topological polar surface area (TPSA) is 63.3 Å². The Morgan fingerprint density at radius 2 is 2.25 bits per heavy atom. The number of aliphatic imine (C=N–C) groups is 1. The number of rotatable bonds is 4. The molecule has 1 aromatic carbocycles. The van der Waals surface area contributed by atoms with Gasteiger partial charge in [0.15, 0.2) is 5.96 Å². The zero-order chi connectivity index (χ0) is 14.5. The Kier molecular flexibility index (Phi) is 4.74. The first-order valence-corrected chi connectivity index (χ1v) is 7.44. The lowest BCUT2D eigenvalue weighted by Gasteiger charge is -2.09. The van der Waals surface area contributed by atoms with Crippen molar-refractivity contribution in [1.29, 1.82) is 0 Å². The van der Waals surface area contributed by atoms with Crippen molar-refractivity contribution in [2.24, 2.45) is 10.7 Å². The van der Waals surface area contributed by atoms with E-state index >= 15 is 0 Å². The van der Waals surface area contributed by atoms with E-state index in [9.17, 15) is 0 Å². The second kappa shape index (κ2) is 6.52. The predicted molar refractivity (Wildman–Crippen MR) is 86.3 cm³/mol. The highest BCUT2D eigenvalue weighted by molar-refractivity contribution is 7.11. The van der Waals surface area contributed by atoms with E-state index in [-0.39, 0.29) is 0 Å². The van der Waals surface area contributed by atoms with Crippen LogP contribution in [0.3, 0.4) is 0 Å². The minimum atomic E-state index is 0.416. The third-order valence-electron chi connectivity index (χ3n) is 2.88. The zero-order valence-corrected chi connectivity index (χ0v) is 12.9. The minimum absolute atomic E-state index is 0.416. The number of hydrogen-bond donors (Lipinski definition) is 2. The molecule has 106 valence electrons. The van der Waals surface area contributed by atoms with E-state index in [0.717, 1.165) is 10.7 Å². The molecule has 0 bridgehead atoms. The van der Waals surface area contributed by atoms with Gasteiger partial charge in [-0.3, -0.25) is 0 Å². The summed E-state index contributed by atoms with van der Waals surface area (Å²) in [5, 5.41) is 4.09. The predicted octanol–water partition coefficient (Wildman–Crippen LogP) is 3.50. The maximum Gasteiger partial charge on any atom is 0.193 e. The summed E-state index contributed by atoms with van der Waals surface area (Å²) in [7, 11) is 0. The van der Waals surface area contributed by atoms with Gasteiger partial charge in [0.25, 0.3) is 0 Å². The smallest absolute Gasteiger partial charge is 0.193 e. The molecule has 0 unspecified atom stereocenters. The summed E-state index contributed by atoms with van der Waals surface area (Å²) < 4.78 is 0. The van der Waals surface area contributed by atoms with Crippen molar-refractivity contribution in [3.8, 4) is 0 Å². The molecule has 20 heavy (non-hydrogen) atoms. The van der Waals surface area contributed by atoms with Crippen molar-refractivity contribution >= 4 is 23.0 Å². The average Bonchev–Trinajstić information content (AvgIpc) is 2.82. The molecular weight excluding hydrogens is 268 g/mol. The summed E-state index contributed by atoms with van der Waals surface area (Å²) in [6.07, 6.45) is 1.85. The van der Waals surface area contributed by atoms with Gasteiger partial charge >= 0.3 is 0 Å². The molecule has 0 aliphatic heterocycles. The van der Waals surface area contributed by atoms with E-state index in [1.807, 2.05) is 25.3 Å². The summed E-state index contributed by atoms with van der Waals surface area (Å²) in [5.41, 5.74) is 8.14. The van der Waals surface area contributed by atoms with Crippen molar-refractivity contribution in [2.75, 3.05) is 5.32 Å². The molecule has 0 atom stereocenters. The van der Waals surface area contributed by atoms with Crippen LogP contribution in [-0.4, -0.2) is 10.9 Å². The molecule has 0 radical (unpaired) electrons. The number of aromatic nitrogens is 1. The fourth-order valence-electron chi connectivity index (χ4n) is 1.79. The van der Waals surface area contributed by atoms with Gasteiger partial charge in [0, 0.05) is 16.8 Å². The van der Waals surface area contributed by atoms with Gasteiger partial charge in [0.1, 0.15) is 5.01 Å². The third kappa shape index (κ3) is 4.06. The molecule has 0 saturated heterocycles. The summed E-state index contributed by atoms with van der Waals surface area (Å²) in [6, 6.07) is 8.22. The Morgan fingerprint density at radius 1 is 1.45 bits per heavy atom. The van der Waals surface area contributed by atoms with Gasteiger partial charge < -0.3 is 11.1 Å². The molecule has 5 heteroatoms. The van der Waals surface area contributed by atoms with E-state index < -0.39 is 0 Å². The van der Waals surface area contributed by atoms with Crippen molar-refractivity contribution < 1.29 is 0 Å². The summed E-state index contributed by atoms with van der Waals surface area (Å²) in [5.74, 6) is 0.909. The molecule has 4 nitrogen and oxygen atoms in total. The van der Waals surface area contributed by atoms with Crippen molar-refractivity contribution in [2.45, 2.75) is 33.2 Å². The normalized spacial score (nSPS) is 11.9. The maximum absolute atomic E-state index is 5.90. The third-order valence-corrected chi connectivity index (χ3v) is 3.78. The van der Waals surface area contributed by atoms with Gasteiger partial charge in [-0.05, 0) is 30.5 Å². The number of nitrogens with zero attached hydrogens (tertiary/aromatic N) is 2. The fraction of sp³-hybridized carbons (Fsp3) is 0.333. The number of aryl methyl sites for hydroxylation is 1. The van der Waals surface area contributed by atoms with Crippen molar-refractivity contribution in [3.63, 3.8) is 0 Å². The highest BCUT2D eigenvalue weighted by Gasteiger charge is 2.02. The molecule has 1 heterocycles. The fourth-order valence-corrected chi connectivity index (χ4v) is 2.50. The van der Waals surface area contributed by atoms with E-state index in [2.05, 4.69) is 41.3 Å². The van der Waals surface area contributed by atoms with E-state index in [1.54, 1.807) is 11.3 Å². The Labute approximate surface area is 123 Å². The van der Waals surface area contributed by atoms with E-state index in [4.69, 9.17) is 5.73 Å². The van der Waals surface area contributed by atoms with Crippen LogP contribution in [0.4, 0.5) is 5.69 Å². The van der Waals surface area contributed by atoms with Gasteiger partial charge in [-0.2, -0.15) is 0 Å². The highest BCUT2D eigenvalue weighted by Crippen LogP contribution is 2.18. The molecular formula is C15H20N4S. The lowest BCUT2D eigenvalue weighted by molar-refractivity contribution is 0.867. The molecule has 0 aliphatic carbocycles. The highest BCUT2D eigenvalue weighted by atomic mass is 32.1. The molecule has 1 aromatic heterocycles. The Balaban J connectivity index is 2.00. The largest absolute Gasteiger partial charge is 0.370 e. The van der Waals surface area contributed by atoms with Crippen LogP contribution in [0.25, 0.3) is 0 Å². The minimum Gasteiger partial charge on any atom is -0.370 e. The Morgan fingerprint density at radius 3 is 2.90 bits per heavy atom. The number of hydrogen-bond acceptors (Lipinski definition) is 3. The maximum atomic E-state index is 5.90. The van der Waals surface area contributed by atoms with Gasteiger partial charge in [-0.15, -0.1) is 11.3 Å².